The number of aromatic amines is 1. The minimum absolute atomic E-state index is 0.0405. The van der Waals surface area contributed by atoms with Crippen LogP contribution in [0.1, 0.15) is 21.9 Å². The van der Waals surface area contributed by atoms with Gasteiger partial charge >= 0.3 is 0 Å². The van der Waals surface area contributed by atoms with Gasteiger partial charge in [-0.15, -0.1) is 0 Å². The van der Waals surface area contributed by atoms with Gasteiger partial charge in [0.05, 0.1) is 17.6 Å². The number of carbonyl (C=O) groups excluding carboxylic acids is 1. The van der Waals surface area contributed by atoms with E-state index in [0.29, 0.717) is 25.4 Å². The van der Waals surface area contributed by atoms with Crippen molar-refractivity contribution in [1.29, 1.82) is 0 Å². The predicted molar refractivity (Wildman–Crippen MR) is 110 cm³/mol. The second-order valence-corrected chi connectivity index (χ2v) is 7.29. The second kappa shape index (κ2) is 6.77. The number of aromatic nitrogens is 4. The van der Waals surface area contributed by atoms with Gasteiger partial charge in [0.25, 0.3) is 5.91 Å². The second-order valence-electron chi connectivity index (χ2n) is 7.29. The van der Waals surface area contributed by atoms with Crippen LogP contribution in [0.3, 0.4) is 0 Å². The molecule has 0 bridgehead atoms. The maximum Gasteiger partial charge on any atom is 0.272 e. The number of nitrogens with zero attached hydrogens (tertiary/aromatic N) is 4. The van der Waals surface area contributed by atoms with Gasteiger partial charge in [-0.25, -0.2) is 4.98 Å². The van der Waals surface area contributed by atoms with Gasteiger partial charge in [0.2, 0.25) is 0 Å². The molecule has 7 nitrogen and oxygen atoms in total. The molecule has 0 spiro atoms. The van der Waals surface area contributed by atoms with Crippen molar-refractivity contribution in [1.82, 2.24) is 24.6 Å². The Morgan fingerprint density at radius 3 is 2.79 bits per heavy atom. The number of imidazole rings is 1. The minimum atomic E-state index is -0.0405. The number of nitrogens with one attached hydrogen (secondary N) is 1. The van der Waals surface area contributed by atoms with E-state index in [1.165, 1.54) is 0 Å². The molecule has 4 aromatic rings. The van der Waals surface area contributed by atoms with E-state index in [1.807, 2.05) is 24.0 Å². The number of fused-ring (bicyclic) bond motifs is 2. The van der Waals surface area contributed by atoms with Crippen LogP contribution in [0.5, 0.6) is 5.75 Å². The van der Waals surface area contributed by atoms with Crippen LogP contribution in [0.4, 0.5) is 0 Å². The molecule has 29 heavy (non-hydrogen) atoms. The first-order chi connectivity index (χ1) is 14.1. The zero-order valence-electron chi connectivity index (χ0n) is 16.3. The van der Waals surface area contributed by atoms with Crippen LogP contribution in [-0.4, -0.2) is 43.7 Å². The Bertz CT molecular complexity index is 1220. The first-order valence-corrected chi connectivity index (χ1v) is 9.58. The highest BCUT2D eigenvalue weighted by molar-refractivity contribution is 5.92. The average molecular weight is 387 g/mol. The largest absolute Gasteiger partial charge is 0.491 e. The SMILES string of the molecule is Cc1nc2ccc(-c3ccc4c(c3)CN(C(=O)c3ccnn3C)CCO4)cc2[nH]1. The molecule has 3 heterocycles. The normalized spacial score (nSPS) is 13.8. The molecule has 0 saturated carbocycles. The van der Waals surface area contributed by atoms with Crippen molar-refractivity contribution in [2.75, 3.05) is 13.2 Å². The standard InChI is InChI=1S/C22H21N5O2/c1-14-24-18-5-3-16(12-19(18)25-14)15-4-6-21-17(11-15)13-27(9-10-29-21)22(28)20-7-8-23-26(20)2/h3-8,11-12H,9-10,13H2,1-2H3,(H,24,25). The Morgan fingerprint density at radius 2 is 1.97 bits per heavy atom. The summed E-state index contributed by atoms with van der Waals surface area (Å²) in [4.78, 5) is 22.5. The van der Waals surface area contributed by atoms with Gasteiger partial charge in [-0.05, 0) is 48.4 Å². The summed E-state index contributed by atoms with van der Waals surface area (Å²) in [5.74, 6) is 1.69. The van der Waals surface area contributed by atoms with Gasteiger partial charge in [0, 0.05) is 25.4 Å². The van der Waals surface area contributed by atoms with Crippen LogP contribution in [-0.2, 0) is 13.6 Å². The first kappa shape index (κ1) is 17.5. The smallest absolute Gasteiger partial charge is 0.272 e. The summed E-state index contributed by atoms with van der Waals surface area (Å²) in [6.07, 6.45) is 1.64. The lowest BCUT2D eigenvalue weighted by Crippen LogP contribution is -2.33. The molecule has 146 valence electrons. The fourth-order valence-electron chi connectivity index (χ4n) is 3.81. The molecule has 0 atom stereocenters. The average Bonchev–Trinajstić information content (AvgIpc) is 3.23. The summed E-state index contributed by atoms with van der Waals surface area (Å²) in [6, 6.07) is 14.1. The Kier molecular flexibility index (Phi) is 4.08. The maximum absolute atomic E-state index is 12.9. The molecule has 2 aromatic heterocycles. The number of ether oxygens (including phenoxy) is 1. The van der Waals surface area contributed by atoms with Crippen molar-refractivity contribution >= 4 is 16.9 Å². The third-order valence-corrected chi connectivity index (χ3v) is 5.30. The van der Waals surface area contributed by atoms with Crippen molar-refractivity contribution in [3.8, 4) is 16.9 Å². The topological polar surface area (TPSA) is 76.0 Å². The lowest BCUT2D eigenvalue weighted by Gasteiger charge is -2.20. The fourth-order valence-corrected chi connectivity index (χ4v) is 3.81. The van der Waals surface area contributed by atoms with Crippen molar-refractivity contribution in [2.45, 2.75) is 13.5 Å². The van der Waals surface area contributed by atoms with Crippen molar-refractivity contribution in [2.24, 2.45) is 7.05 Å². The van der Waals surface area contributed by atoms with E-state index in [9.17, 15) is 4.79 Å². The maximum atomic E-state index is 12.9. The highest BCUT2D eigenvalue weighted by Crippen LogP contribution is 2.31. The van der Waals surface area contributed by atoms with Crippen molar-refractivity contribution < 1.29 is 9.53 Å². The van der Waals surface area contributed by atoms with E-state index >= 15 is 0 Å². The summed E-state index contributed by atoms with van der Waals surface area (Å²) >= 11 is 0. The van der Waals surface area contributed by atoms with Gasteiger partial charge in [0.15, 0.2) is 0 Å². The van der Waals surface area contributed by atoms with Crippen LogP contribution in [0.25, 0.3) is 22.2 Å². The number of hydrogen-bond donors (Lipinski definition) is 1. The Hall–Kier alpha value is -3.61. The van der Waals surface area contributed by atoms with Gasteiger partial charge in [0.1, 0.15) is 23.9 Å². The van der Waals surface area contributed by atoms with Crippen LogP contribution >= 0.6 is 0 Å². The molecule has 0 unspecified atom stereocenters. The Morgan fingerprint density at radius 1 is 1.14 bits per heavy atom. The van der Waals surface area contributed by atoms with Gasteiger partial charge in [-0.3, -0.25) is 9.48 Å². The molecule has 0 fully saturated rings. The highest BCUT2D eigenvalue weighted by atomic mass is 16.5. The number of carbonyl (C=O) groups is 1. The lowest BCUT2D eigenvalue weighted by molar-refractivity contribution is 0.0722. The van der Waals surface area contributed by atoms with E-state index in [1.54, 1.807) is 24.0 Å². The number of amides is 1. The van der Waals surface area contributed by atoms with E-state index in [-0.39, 0.29) is 5.91 Å². The molecule has 0 saturated heterocycles. The molecule has 2 aromatic carbocycles. The first-order valence-electron chi connectivity index (χ1n) is 9.58. The quantitative estimate of drug-likeness (QED) is 0.573. The zero-order valence-corrected chi connectivity index (χ0v) is 16.3. The third kappa shape index (κ3) is 3.14. The molecule has 5 rings (SSSR count). The van der Waals surface area contributed by atoms with Gasteiger partial charge in [-0.1, -0.05) is 12.1 Å². The fraction of sp³-hybridized carbons (Fsp3) is 0.227. The summed E-state index contributed by atoms with van der Waals surface area (Å²) in [5, 5.41) is 4.11. The minimum Gasteiger partial charge on any atom is -0.491 e. The van der Waals surface area contributed by atoms with E-state index < -0.39 is 0 Å². The zero-order chi connectivity index (χ0) is 20.0. The number of hydrogen-bond acceptors (Lipinski definition) is 4. The predicted octanol–water partition coefficient (Wildman–Crippen LogP) is 3.31. The number of H-pyrrole nitrogens is 1. The summed E-state index contributed by atoms with van der Waals surface area (Å²) in [6.45, 7) is 3.45. The number of rotatable bonds is 2. The van der Waals surface area contributed by atoms with Crippen LogP contribution in [0.15, 0.2) is 48.7 Å². The van der Waals surface area contributed by atoms with Gasteiger partial charge < -0.3 is 14.6 Å². The molecule has 1 aliphatic heterocycles. The molecule has 0 aliphatic carbocycles. The van der Waals surface area contributed by atoms with E-state index in [0.717, 1.165) is 39.3 Å². The monoisotopic (exact) mass is 387 g/mol. The summed E-state index contributed by atoms with van der Waals surface area (Å²) in [7, 11) is 1.78. The Balaban J connectivity index is 1.48. The molecular weight excluding hydrogens is 366 g/mol. The van der Waals surface area contributed by atoms with Crippen LogP contribution < -0.4 is 4.74 Å². The number of aryl methyl sites for hydroxylation is 2. The molecule has 1 aliphatic rings. The number of benzene rings is 2. The van der Waals surface area contributed by atoms with Crippen molar-refractivity contribution in [3.63, 3.8) is 0 Å². The van der Waals surface area contributed by atoms with Crippen molar-refractivity contribution in [3.05, 3.63) is 65.7 Å². The molecule has 0 radical (unpaired) electrons. The Labute approximate surface area is 167 Å². The molecule has 1 N–H and O–H groups in total. The molecule has 1 amide bonds. The third-order valence-electron chi connectivity index (χ3n) is 5.30. The lowest BCUT2D eigenvalue weighted by atomic mass is 10.0. The van der Waals surface area contributed by atoms with Crippen LogP contribution in [0, 0.1) is 6.92 Å². The van der Waals surface area contributed by atoms with E-state index in [4.69, 9.17) is 4.74 Å². The summed E-state index contributed by atoms with van der Waals surface area (Å²) < 4.78 is 7.51. The molecular formula is C22H21N5O2. The van der Waals surface area contributed by atoms with Crippen LogP contribution in [0.2, 0.25) is 0 Å². The van der Waals surface area contributed by atoms with E-state index in [2.05, 4.69) is 39.3 Å². The summed E-state index contributed by atoms with van der Waals surface area (Å²) in [5.41, 5.74) is 5.71. The highest BCUT2D eigenvalue weighted by Gasteiger charge is 2.23. The molecule has 7 heteroatoms. The van der Waals surface area contributed by atoms with Gasteiger partial charge in [-0.2, -0.15) is 5.10 Å².